The van der Waals surface area contributed by atoms with Crippen LogP contribution in [0.15, 0.2) is 0 Å². The summed E-state index contributed by atoms with van der Waals surface area (Å²) in [5.74, 6) is 0. The van der Waals surface area contributed by atoms with Gasteiger partial charge in [-0.25, -0.2) is 4.57 Å². The van der Waals surface area contributed by atoms with E-state index in [1.807, 2.05) is 21.1 Å². The molecule has 5 nitrogen and oxygen atoms in total. The van der Waals surface area contributed by atoms with Crippen LogP contribution in [0.5, 0.6) is 0 Å². The topological polar surface area (TPSA) is 66.8 Å². The number of phosphoric ester groups is 1. The van der Waals surface area contributed by atoms with Crippen LogP contribution in [0.3, 0.4) is 0 Å². The molecule has 0 aliphatic heterocycles. The fourth-order valence-corrected chi connectivity index (χ4v) is 0.753. The van der Waals surface area contributed by atoms with Crippen molar-refractivity contribution in [1.29, 1.82) is 0 Å². The zero-order valence-corrected chi connectivity index (χ0v) is 13.8. The number of hydrogen-bond donors (Lipinski definition) is 2. The minimum absolute atomic E-state index is 0. The van der Waals surface area contributed by atoms with Crippen LogP contribution in [0.4, 0.5) is 0 Å². The quantitative estimate of drug-likeness (QED) is 0.313. The van der Waals surface area contributed by atoms with Crippen LogP contribution in [0.1, 0.15) is 4.28 Å². The molecular formula is C5H18CaNNaO4P+. The molecule has 0 atom stereocenters. The van der Waals surface area contributed by atoms with Gasteiger partial charge in [0, 0.05) is 0 Å². The Morgan fingerprint density at radius 2 is 1.77 bits per heavy atom. The van der Waals surface area contributed by atoms with Crippen molar-refractivity contribution in [1.82, 2.24) is 0 Å². The van der Waals surface area contributed by atoms with E-state index in [1.54, 1.807) is 0 Å². The molecule has 0 saturated heterocycles. The summed E-state index contributed by atoms with van der Waals surface area (Å²) < 4.78 is 15.1. The molecule has 8 heteroatoms. The number of likely N-dealkylation sites (N-methyl/N-ethyl adjacent to an activating group) is 1. The van der Waals surface area contributed by atoms with Crippen molar-refractivity contribution in [3.63, 3.8) is 0 Å². The van der Waals surface area contributed by atoms with Gasteiger partial charge in [-0.1, -0.05) is 0 Å². The molecule has 0 heterocycles. The summed E-state index contributed by atoms with van der Waals surface area (Å²) in [5, 5.41) is 0. The summed E-state index contributed by atoms with van der Waals surface area (Å²) in [7, 11) is 1.50. The van der Waals surface area contributed by atoms with E-state index in [9.17, 15) is 4.57 Å². The molecule has 0 bridgehead atoms. The molecule has 0 aliphatic rings. The second kappa shape index (κ2) is 8.48. The average Bonchev–Trinajstić information content (AvgIpc) is 1.55. The van der Waals surface area contributed by atoms with E-state index < -0.39 is 7.82 Å². The van der Waals surface area contributed by atoms with E-state index in [1.165, 1.54) is 0 Å². The molecule has 0 aromatic heterocycles. The summed E-state index contributed by atoms with van der Waals surface area (Å²) in [6.45, 7) is 0.652. The molecule has 0 radical (unpaired) electrons. The maximum absolute atomic E-state index is 10.2. The Bertz CT molecular complexity index is 180. The Balaban J connectivity index is -0.0000000500. The molecular weight excluding hydrogens is 232 g/mol. The summed E-state index contributed by atoms with van der Waals surface area (Å²) in [5.41, 5.74) is 0. The molecule has 2 N–H and O–H groups in total. The number of nitrogens with zero attached hydrogens (tertiary/aromatic N) is 1. The van der Waals surface area contributed by atoms with Crippen LogP contribution >= 0.6 is 7.82 Å². The number of quaternary nitrogens is 1. The normalized spacial score (nSPS) is 11.5. The fraction of sp³-hybridized carbons (Fsp3) is 1.00. The summed E-state index contributed by atoms with van der Waals surface area (Å²) >= 11 is 0. The zero-order chi connectivity index (χ0) is 9.12. The summed E-state index contributed by atoms with van der Waals surface area (Å²) in [6.07, 6.45) is 0. The van der Waals surface area contributed by atoms with Crippen LogP contribution in [-0.2, 0) is 9.09 Å². The van der Waals surface area contributed by atoms with Crippen molar-refractivity contribution in [3.8, 4) is 0 Å². The minimum Gasteiger partial charge on any atom is -1.00 e. The SMILES string of the molecule is C[N+](C)(C)CCOP(=O)(O)O.[Ca+2].[H-].[H-].[H-].[Na+]. The largest absolute Gasteiger partial charge is 2.00 e. The van der Waals surface area contributed by atoms with E-state index in [2.05, 4.69) is 4.52 Å². The van der Waals surface area contributed by atoms with Gasteiger partial charge in [0.15, 0.2) is 0 Å². The smallest absolute Gasteiger partial charge is 1.00 e. The van der Waals surface area contributed by atoms with Gasteiger partial charge in [0.1, 0.15) is 13.2 Å². The van der Waals surface area contributed by atoms with Crippen LogP contribution in [0.25, 0.3) is 0 Å². The minimum atomic E-state index is -4.26. The third kappa shape index (κ3) is 20.4. The van der Waals surface area contributed by atoms with Gasteiger partial charge in [-0.05, 0) is 0 Å². The average molecular weight is 250 g/mol. The molecule has 0 saturated carbocycles. The van der Waals surface area contributed by atoms with Crippen molar-refractivity contribution in [2.75, 3.05) is 34.3 Å². The van der Waals surface area contributed by atoms with E-state index >= 15 is 0 Å². The Hall–Kier alpha value is 2.33. The van der Waals surface area contributed by atoms with E-state index in [-0.39, 0.29) is 78.2 Å². The molecule has 0 unspecified atom stereocenters. The first-order valence-electron chi connectivity index (χ1n) is 3.21. The first-order valence-corrected chi connectivity index (χ1v) is 4.74. The number of hydrogen-bond acceptors (Lipinski definition) is 2. The molecule has 0 spiro atoms. The van der Waals surface area contributed by atoms with Gasteiger partial charge in [0.05, 0.1) is 21.1 Å². The van der Waals surface area contributed by atoms with Gasteiger partial charge >= 0.3 is 75.1 Å². The molecule has 0 rings (SSSR count). The fourth-order valence-electron chi connectivity index (χ4n) is 0.434. The van der Waals surface area contributed by atoms with E-state index in [0.29, 0.717) is 11.0 Å². The maximum Gasteiger partial charge on any atom is 2.00 e. The van der Waals surface area contributed by atoms with E-state index in [4.69, 9.17) is 9.79 Å². The maximum atomic E-state index is 10.2. The van der Waals surface area contributed by atoms with E-state index in [0.717, 1.165) is 0 Å². The molecule has 0 amide bonds. The van der Waals surface area contributed by atoms with Gasteiger partial charge in [-0.2, -0.15) is 0 Å². The predicted octanol–water partition coefficient (Wildman–Crippen LogP) is -3.24. The Labute approximate surface area is 135 Å². The Morgan fingerprint density at radius 1 is 1.38 bits per heavy atom. The van der Waals surface area contributed by atoms with Gasteiger partial charge in [0.2, 0.25) is 0 Å². The van der Waals surface area contributed by atoms with Gasteiger partial charge < -0.3 is 18.5 Å². The Morgan fingerprint density at radius 3 is 2.00 bits per heavy atom. The second-order valence-corrected chi connectivity index (χ2v) is 4.58. The first-order chi connectivity index (χ1) is 4.71. The monoisotopic (exact) mass is 250 g/mol. The van der Waals surface area contributed by atoms with Crippen molar-refractivity contribution >= 4 is 45.6 Å². The zero-order valence-electron chi connectivity index (χ0n) is 11.7. The molecule has 0 fully saturated rings. The van der Waals surface area contributed by atoms with Crippen molar-refractivity contribution in [2.45, 2.75) is 0 Å². The molecule has 0 aliphatic carbocycles. The molecule has 13 heavy (non-hydrogen) atoms. The third-order valence-electron chi connectivity index (χ3n) is 1.02. The van der Waals surface area contributed by atoms with Crippen molar-refractivity contribution in [3.05, 3.63) is 0 Å². The van der Waals surface area contributed by atoms with Gasteiger partial charge in [-0.3, -0.25) is 4.52 Å². The van der Waals surface area contributed by atoms with Gasteiger partial charge in [0.25, 0.3) is 0 Å². The van der Waals surface area contributed by atoms with Crippen LogP contribution in [0, 0.1) is 0 Å². The standard InChI is InChI=1S/C5H14NO4P.Ca.Na.3H/c1-6(2,3)4-5-10-11(7,8)9;;;;;/h4-5H2,1-3H3,(H-,7,8,9);;;;;/q;+2;+1;3*-1/p+1. The number of phosphoric acid groups is 1. The summed E-state index contributed by atoms with van der Waals surface area (Å²) in [4.78, 5) is 16.6. The van der Waals surface area contributed by atoms with Crippen LogP contribution < -0.4 is 29.6 Å². The summed E-state index contributed by atoms with van der Waals surface area (Å²) in [6, 6.07) is 0. The number of rotatable bonds is 4. The third-order valence-corrected chi connectivity index (χ3v) is 1.54. The second-order valence-electron chi connectivity index (χ2n) is 3.34. The first kappa shape index (κ1) is 20.7. The van der Waals surface area contributed by atoms with Crippen molar-refractivity contribution in [2.24, 2.45) is 0 Å². The Kier molecular flexibility index (Phi) is 13.5. The molecule has 74 valence electrons. The van der Waals surface area contributed by atoms with Crippen LogP contribution in [-0.4, -0.2) is 86.3 Å². The molecule has 0 aromatic rings. The van der Waals surface area contributed by atoms with Crippen molar-refractivity contribution < 1.29 is 57.2 Å². The van der Waals surface area contributed by atoms with Gasteiger partial charge in [-0.15, -0.1) is 0 Å². The predicted molar refractivity (Wildman–Crippen MR) is 50.0 cm³/mol. The molecule has 0 aromatic carbocycles. The van der Waals surface area contributed by atoms with Crippen LogP contribution in [0.2, 0.25) is 0 Å².